The molecule has 0 atom stereocenters. The molecular weight excluding hydrogens is 158 g/mol. The predicted molar refractivity (Wildman–Crippen MR) is 40.3 cm³/mol. The summed E-state index contributed by atoms with van der Waals surface area (Å²) >= 11 is 0. The van der Waals surface area contributed by atoms with Gasteiger partial charge in [0.2, 0.25) is 0 Å². The predicted octanol–water partition coefficient (Wildman–Crippen LogP) is 0.234. The second-order valence-corrected chi connectivity index (χ2v) is 2.05. The second kappa shape index (κ2) is 2.88. The normalized spacial score (nSPS) is 8.92. The molecule has 5 nitrogen and oxygen atoms in total. The van der Waals surface area contributed by atoms with Crippen LogP contribution in [0.2, 0.25) is 0 Å². The highest BCUT2D eigenvalue weighted by molar-refractivity contribution is 5.92. The number of rotatable bonds is 1. The smallest absolute Gasteiger partial charge is 0.339 e. The number of pyridine rings is 1. The summed E-state index contributed by atoms with van der Waals surface area (Å²) in [4.78, 5) is 14.0. The van der Waals surface area contributed by atoms with Crippen LogP contribution in [-0.2, 0) is 0 Å². The maximum absolute atomic E-state index is 10.4. The number of aromatic carboxylic acids is 1. The molecule has 0 radical (unpaired) electrons. The van der Waals surface area contributed by atoms with Gasteiger partial charge < -0.3 is 10.8 Å². The van der Waals surface area contributed by atoms with E-state index >= 15 is 0 Å². The Morgan fingerprint density at radius 2 is 2.33 bits per heavy atom. The molecule has 0 saturated heterocycles. The van der Waals surface area contributed by atoms with Gasteiger partial charge in [0.05, 0.1) is 0 Å². The highest BCUT2D eigenvalue weighted by Crippen LogP contribution is 2.08. The molecule has 0 aliphatic heterocycles. The third-order valence-electron chi connectivity index (χ3n) is 1.27. The van der Waals surface area contributed by atoms with Crippen LogP contribution in [0.15, 0.2) is 12.1 Å². The van der Waals surface area contributed by atoms with Gasteiger partial charge in [-0.2, -0.15) is 5.26 Å². The fourth-order valence-corrected chi connectivity index (χ4v) is 0.718. The van der Waals surface area contributed by atoms with Crippen molar-refractivity contribution in [1.29, 1.82) is 5.26 Å². The first kappa shape index (κ1) is 8.01. The maximum atomic E-state index is 10.4. The van der Waals surface area contributed by atoms with Crippen molar-refractivity contribution in [2.75, 3.05) is 5.73 Å². The number of nitrogen functional groups attached to an aromatic ring is 1. The van der Waals surface area contributed by atoms with Crippen LogP contribution in [0.25, 0.3) is 0 Å². The van der Waals surface area contributed by atoms with Crippen molar-refractivity contribution in [3.8, 4) is 6.07 Å². The fraction of sp³-hybridized carbons (Fsp3) is 0. The first-order chi connectivity index (χ1) is 5.65. The van der Waals surface area contributed by atoms with E-state index in [4.69, 9.17) is 16.1 Å². The standard InChI is InChI=1S/C7H5N3O2/c8-3-4-1-2-5(7(11)12)6(9)10-4/h1-2H,(H2,9,10)(H,11,12). The van der Waals surface area contributed by atoms with E-state index in [2.05, 4.69) is 4.98 Å². The Bertz CT molecular complexity index is 367. The number of hydrogen-bond donors (Lipinski definition) is 2. The Morgan fingerprint density at radius 3 is 2.75 bits per heavy atom. The van der Waals surface area contributed by atoms with Crippen LogP contribution in [0.5, 0.6) is 0 Å². The Balaban J connectivity index is 3.23. The molecule has 0 bridgehead atoms. The molecule has 0 unspecified atom stereocenters. The quantitative estimate of drug-likeness (QED) is 0.617. The minimum absolute atomic E-state index is 0.0889. The monoisotopic (exact) mass is 163 g/mol. The minimum atomic E-state index is -1.15. The Morgan fingerprint density at radius 1 is 1.67 bits per heavy atom. The molecule has 5 heteroatoms. The molecule has 1 heterocycles. The van der Waals surface area contributed by atoms with E-state index in [1.54, 1.807) is 6.07 Å². The molecule has 3 N–H and O–H groups in total. The van der Waals surface area contributed by atoms with Crippen molar-refractivity contribution >= 4 is 11.8 Å². The highest BCUT2D eigenvalue weighted by Gasteiger charge is 2.08. The van der Waals surface area contributed by atoms with E-state index in [1.807, 2.05) is 0 Å². The molecule has 1 aromatic heterocycles. The lowest BCUT2D eigenvalue weighted by atomic mass is 10.2. The van der Waals surface area contributed by atoms with Crippen LogP contribution in [0.1, 0.15) is 16.1 Å². The summed E-state index contributed by atoms with van der Waals surface area (Å²) in [6.07, 6.45) is 0. The van der Waals surface area contributed by atoms with Crippen molar-refractivity contribution in [3.63, 3.8) is 0 Å². The zero-order valence-electron chi connectivity index (χ0n) is 5.98. The summed E-state index contributed by atoms with van der Waals surface area (Å²) in [6.45, 7) is 0. The molecule has 1 rings (SSSR count). The lowest BCUT2D eigenvalue weighted by molar-refractivity contribution is 0.0697. The van der Waals surface area contributed by atoms with Gasteiger partial charge in [-0.25, -0.2) is 9.78 Å². The number of carboxylic acid groups (broad SMARTS) is 1. The summed E-state index contributed by atoms with van der Waals surface area (Å²) in [5, 5.41) is 16.9. The van der Waals surface area contributed by atoms with Gasteiger partial charge >= 0.3 is 5.97 Å². The number of carboxylic acids is 1. The summed E-state index contributed by atoms with van der Waals surface area (Å²) in [5.41, 5.74) is 5.27. The molecule has 12 heavy (non-hydrogen) atoms. The summed E-state index contributed by atoms with van der Waals surface area (Å²) in [7, 11) is 0. The van der Waals surface area contributed by atoms with Crippen LogP contribution >= 0.6 is 0 Å². The van der Waals surface area contributed by atoms with Gasteiger partial charge in [-0.1, -0.05) is 0 Å². The van der Waals surface area contributed by atoms with E-state index in [9.17, 15) is 4.79 Å². The molecule has 60 valence electrons. The van der Waals surface area contributed by atoms with E-state index in [0.717, 1.165) is 0 Å². The third-order valence-corrected chi connectivity index (χ3v) is 1.27. The molecule has 0 saturated carbocycles. The fourth-order valence-electron chi connectivity index (χ4n) is 0.718. The van der Waals surface area contributed by atoms with Gasteiger partial charge in [-0.3, -0.25) is 0 Å². The molecule has 0 spiro atoms. The van der Waals surface area contributed by atoms with Crippen molar-refractivity contribution in [3.05, 3.63) is 23.4 Å². The molecular formula is C7H5N3O2. The molecule has 0 aromatic carbocycles. The van der Waals surface area contributed by atoms with Crippen LogP contribution < -0.4 is 5.73 Å². The van der Waals surface area contributed by atoms with Crippen LogP contribution in [0, 0.1) is 11.3 Å². The Kier molecular flexibility index (Phi) is 1.92. The number of anilines is 1. The summed E-state index contributed by atoms with van der Waals surface area (Å²) < 4.78 is 0. The number of aromatic nitrogens is 1. The van der Waals surface area contributed by atoms with Crippen molar-refractivity contribution < 1.29 is 9.90 Å². The van der Waals surface area contributed by atoms with Crippen molar-refractivity contribution in [2.24, 2.45) is 0 Å². The van der Waals surface area contributed by atoms with Crippen LogP contribution in [-0.4, -0.2) is 16.1 Å². The molecule has 0 aliphatic rings. The highest BCUT2D eigenvalue weighted by atomic mass is 16.4. The topological polar surface area (TPSA) is 100 Å². The van der Waals surface area contributed by atoms with Gasteiger partial charge in [-0.15, -0.1) is 0 Å². The first-order valence-electron chi connectivity index (χ1n) is 3.05. The number of nitrogens with zero attached hydrogens (tertiary/aromatic N) is 2. The largest absolute Gasteiger partial charge is 0.478 e. The van der Waals surface area contributed by atoms with Crippen LogP contribution in [0.4, 0.5) is 5.82 Å². The Hall–Kier alpha value is -2.09. The maximum Gasteiger partial charge on any atom is 0.339 e. The molecule has 0 aliphatic carbocycles. The average Bonchev–Trinajstić information content (AvgIpc) is 2.03. The third kappa shape index (κ3) is 1.32. The van der Waals surface area contributed by atoms with E-state index in [1.165, 1.54) is 12.1 Å². The van der Waals surface area contributed by atoms with Crippen molar-refractivity contribution in [2.45, 2.75) is 0 Å². The van der Waals surface area contributed by atoms with Gasteiger partial charge in [-0.05, 0) is 12.1 Å². The SMILES string of the molecule is N#Cc1ccc(C(=O)O)c(N)n1. The summed E-state index contributed by atoms with van der Waals surface area (Å²) in [6, 6.07) is 4.31. The molecule has 0 fully saturated rings. The molecule has 0 amide bonds. The lowest BCUT2D eigenvalue weighted by Crippen LogP contribution is -2.04. The van der Waals surface area contributed by atoms with Crippen LogP contribution in [0.3, 0.4) is 0 Å². The van der Waals surface area contributed by atoms with Gasteiger partial charge in [0, 0.05) is 0 Å². The lowest BCUT2D eigenvalue weighted by Gasteiger charge is -1.97. The van der Waals surface area contributed by atoms with E-state index in [-0.39, 0.29) is 17.1 Å². The number of nitrogens with two attached hydrogens (primary N) is 1. The number of hydrogen-bond acceptors (Lipinski definition) is 4. The zero-order valence-corrected chi connectivity index (χ0v) is 5.98. The van der Waals surface area contributed by atoms with Gasteiger partial charge in [0.1, 0.15) is 23.1 Å². The molecule has 1 aromatic rings. The Labute approximate surface area is 68.1 Å². The van der Waals surface area contributed by atoms with Crippen molar-refractivity contribution in [1.82, 2.24) is 4.98 Å². The number of carbonyl (C=O) groups is 1. The van der Waals surface area contributed by atoms with E-state index < -0.39 is 5.97 Å². The van der Waals surface area contributed by atoms with Gasteiger partial charge in [0.15, 0.2) is 0 Å². The summed E-state index contributed by atoms with van der Waals surface area (Å²) in [5.74, 6) is -1.29. The van der Waals surface area contributed by atoms with E-state index in [0.29, 0.717) is 0 Å². The average molecular weight is 163 g/mol. The minimum Gasteiger partial charge on any atom is -0.478 e. The zero-order chi connectivity index (χ0) is 9.14. The first-order valence-corrected chi connectivity index (χ1v) is 3.05. The second-order valence-electron chi connectivity index (χ2n) is 2.05. The number of nitriles is 1. The van der Waals surface area contributed by atoms with Gasteiger partial charge in [0.25, 0.3) is 0 Å².